The monoisotopic (exact) mass is 350 g/mol. The van der Waals surface area contributed by atoms with Gasteiger partial charge in [0.05, 0.1) is 13.2 Å². The molecule has 25 heavy (non-hydrogen) atoms. The van der Waals surface area contributed by atoms with Gasteiger partial charge in [-0.15, -0.1) is 0 Å². The van der Waals surface area contributed by atoms with Crippen LogP contribution in [-0.2, 0) is 27.1 Å². The van der Waals surface area contributed by atoms with Crippen molar-refractivity contribution < 1.29 is 19.0 Å². The third-order valence-corrected chi connectivity index (χ3v) is 4.02. The minimum atomic E-state index is -0.328. The van der Waals surface area contributed by atoms with Crippen LogP contribution in [0.15, 0.2) is 18.2 Å². The summed E-state index contributed by atoms with van der Waals surface area (Å²) in [6.07, 6.45) is 3.52. The van der Waals surface area contributed by atoms with Gasteiger partial charge in [0.1, 0.15) is 11.4 Å². The molecule has 1 aromatic rings. The lowest BCUT2D eigenvalue weighted by atomic mass is 9.82. The molecule has 0 spiro atoms. The minimum absolute atomic E-state index is 0.225. The molecule has 0 unspecified atom stereocenters. The molecule has 0 saturated heterocycles. The summed E-state index contributed by atoms with van der Waals surface area (Å²) in [5.74, 6) is 1.39. The zero-order valence-corrected chi connectivity index (χ0v) is 16.8. The second kappa shape index (κ2) is 9.81. The van der Waals surface area contributed by atoms with Crippen LogP contribution < -0.4 is 4.74 Å². The summed E-state index contributed by atoms with van der Waals surface area (Å²) in [4.78, 5) is 10.2. The fourth-order valence-corrected chi connectivity index (χ4v) is 3.03. The molecular weight excluding hydrogens is 316 g/mol. The van der Waals surface area contributed by atoms with Crippen LogP contribution in [0.5, 0.6) is 5.75 Å². The lowest BCUT2D eigenvalue weighted by Crippen LogP contribution is -2.31. The first kappa shape index (κ1) is 21.5. The maximum Gasteiger partial charge on any atom is 0.303 e. The molecule has 4 nitrogen and oxygen atoms in total. The lowest BCUT2D eigenvalue weighted by Gasteiger charge is -2.31. The Labute approximate surface area is 152 Å². The highest BCUT2D eigenvalue weighted by atomic mass is 16.6. The number of methoxy groups -OCH3 is 1. The molecule has 0 bridgehead atoms. The van der Waals surface area contributed by atoms with Crippen molar-refractivity contribution >= 4 is 5.97 Å². The van der Waals surface area contributed by atoms with Crippen molar-refractivity contribution in [3.05, 3.63) is 29.3 Å². The van der Waals surface area contributed by atoms with E-state index in [-0.39, 0.29) is 11.6 Å². The molecular formula is C21H34O4. The number of hydrogen-bond donors (Lipinski definition) is 0. The molecule has 0 aliphatic heterocycles. The molecule has 142 valence electrons. The number of carbonyl (C=O) groups is 1. The Bertz CT molecular complexity index is 545. The standard InChI is InChI=1S/C15H22O2.C6H12O2/c1-4-8-17-15-10-13-12(9-11(15)2)6-5-7-14(13)16-3;1-5(7)8-6(2,3)4/h5-7,11,15H,4,8-10H2,1-3H3;1-4H3/t11-,15-;/m1./s1. The Morgan fingerprint density at radius 2 is 1.92 bits per heavy atom. The SMILES string of the molecule is CC(=O)OC(C)(C)C.CCCO[C@@H]1Cc2c(cccc2OC)C[C@H]1C. The Morgan fingerprint density at radius 1 is 1.24 bits per heavy atom. The summed E-state index contributed by atoms with van der Waals surface area (Å²) in [6.45, 7) is 12.2. The van der Waals surface area contributed by atoms with E-state index in [2.05, 4.69) is 26.0 Å². The highest BCUT2D eigenvalue weighted by Crippen LogP contribution is 2.33. The molecule has 0 amide bonds. The molecule has 1 aliphatic rings. The molecule has 2 rings (SSSR count). The fourth-order valence-electron chi connectivity index (χ4n) is 3.03. The van der Waals surface area contributed by atoms with Gasteiger partial charge in [-0.05, 0) is 56.7 Å². The molecule has 0 aromatic heterocycles. The normalized spacial score (nSPS) is 19.3. The van der Waals surface area contributed by atoms with Gasteiger partial charge in [0, 0.05) is 20.0 Å². The first-order valence-electron chi connectivity index (χ1n) is 9.13. The van der Waals surface area contributed by atoms with E-state index >= 15 is 0 Å². The van der Waals surface area contributed by atoms with Crippen molar-refractivity contribution in [2.45, 2.75) is 72.5 Å². The van der Waals surface area contributed by atoms with Gasteiger partial charge < -0.3 is 14.2 Å². The van der Waals surface area contributed by atoms with Crippen LogP contribution in [0.4, 0.5) is 0 Å². The number of hydrogen-bond acceptors (Lipinski definition) is 4. The number of ether oxygens (including phenoxy) is 3. The van der Waals surface area contributed by atoms with Crippen LogP contribution in [0.1, 0.15) is 59.1 Å². The van der Waals surface area contributed by atoms with Gasteiger partial charge in [0.15, 0.2) is 0 Å². The van der Waals surface area contributed by atoms with E-state index in [9.17, 15) is 4.79 Å². The van der Waals surface area contributed by atoms with Crippen LogP contribution >= 0.6 is 0 Å². The summed E-state index contributed by atoms with van der Waals surface area (Å²) >= 11 is 0. The predicted molar refractivity (Wildman–Crippen MR) is 101 cm³/mol. The van der Waals surface area contributed by atoms with Crippen molar-refractivity contribution in [2.75, 3.05) is 13.7 Å². The van der Waals surface area contributed by atoms with Crippen LogP contribution in [0.3, 0.4) is 0 Å². The third-order valence-electron chi connectivity index (χ3n) is 4.02. The molecule has 0 heterocycles. The molecule has 1 aromatic carbocycles. The van der Waals surface area contributed by atoms with E-state index in [0.717, 1.165) is 31.6 Å². The second-order valence-corrected chi connectivity index (χ2v) is 7.60. The summed E-state index contributed by atoms with van der Waals surface area (Å²) < 4.78 is 16.2. The first-order valence-corrected chi connectivity index (χ1v) is 9.13. The average molecular weight is 350 g/mol. The number of benzene rings is 1. The molecule has 4 heteroatoms. The van der Waals surface area contributed by atoms with E-state index in [1.165, 1.54) is 18.1 Å². The molecule has 0 saturated carbocycles. The molecule has 0 N–H and O–H groups in total. The lowest BCUT2D eigenvalue weighted by molar-refractivity contribution is -0.151. The highest BCUT2D eigenvalue weighted by molar-refractivity contribution is 5.66. The van der Waals surface area contributed by atoms with Gasteiger partial charge in [-0.2, -0.15) is 0 Å². The molecule has 0 radical (unpaired) electrons. The van der Waals surface area contributed by atoms with Crippen LogP contribution in [0.25, 0.3) is 0 Å². The van der Waals surface area contributed by atoms with Crippen molar-refractivity contribution in [3.63, 3.8) is 0 Å². The number of esters is 1. The van der Waals surface area contributed by atoms with E-state index in [1.54, 1.807) is 7.11 Å². The Kier molecular flexibility index (Phi) is 8.43. The minimum Gasteiger partial charge on any atom is -0.496 e. The summed E-state index contributed by atoms with van der Waals surface area (Å²) in [5.41, 5.74) is 2.44. The van der Waals surface area contributed by atoms with E-state index < -0.39 is 0 Å². The predicted octanol–water partition coefficient (Wildman–Crippen LogP) is 4.57. The quantitative estimate of drug-likeness (QED) is 0.746. The second-order valence-electron chi connectivity index (χ2n) is 7.60. The highest BCUT2D eigenvalue weighted by Gasteiger charge is 2.27. The van der Waals surface area contributed by atoms with Crippen LogP contribution in [-0.4, -0.2) is 31.4 Å². The summed E-state index contributed by atoms with van der Waals surface area (Å²) in [5, 5.41) is 0. The maximum absolute atomic E-state index is 10.2. The van der Waals surface area contributed by atoms with Gasteiger partial charge >= 0.3 is 5.97 Å². The van der Waals surface area contributed by atoms with Crippen molar-refractivity contribution in [2.24, 2.45) is 5.92 Å². The van der Waals surface area contributed by atoms with Crippen molar-refractivity contribution in [1.29, 1.82) is 0 Å². The molecule has 0 fully saturated rings. The van der Waals surface area contributed by atoms with E-state index in [0.29, 0.717) is 12.0 Å². The molecule has 1 aliphatic carbocycles. The topological polar surface area (TPSA) is 44.8 Å². The molecule has 2 atom stereocenters. The number of fused-ring (bicyclic) bond motifs is 1. The van der Waals surface area contributed by atoms with Crippen LogP contribution in [0, 0.1) is 5.92 Å². The van der Waals surface area contributed by atoms with Crippen molar-refractivity contribution in [1.82, 2.24) is 0 Å². The van der Waals surface area contributed by atoms with E-state index in [4.69, 9.17) is 14.2 Å². The Balaban J connectivity index is 0.000000333. The van der Waals surface area contributed by atoms with Gasteiger partial charge in [0.25, 0.3) is 0 Å². The third kappa shape index (κ3) is 7.47. The van der Waals surface area contributed by atoms with Crippen molar-refractivity contribution in [3.8, 4) is 5.75 Å². The Morgan fingerprint density at radius 3 is 2.40 bits per heavy atom. The van der Waals surface area contributed by atoms with Gasteiger partial charge in [-0.1, -0.05) is 26.0 Å². The smallest absolute Gasteiger partial charge is 0.303 e. The number of rotatable bonds is 4. The zero-order chi connectivity index (χ0) is 19.0. The van der Waals surface area contributed by atoms with Gasteiger partial charge in [0.2, 0.25) is 0 Å². The van der Waals surface area contributed by atoms with Gasteiger partial charge in [-0.25, -0.2) is 0 Å². The zero-order valence-electron chi connectivity index (χ0n) is 16.8. The Hall–Kier alpha value is -1.55. The van der Waals surface area contributed by atoms with Gasteiger partial charge in [-0.3, -0.25) is 4.79 Å². The van der Waals surface area contributed by atoms with Crippen LogP contribution in [0.2, 0.25) is 0 Å². The number of carbonyl (C=O) groups excluding carboxylic acids is 1. The average Bonchev–Trinajstić information content (AvgIpc) is 2.50. The van der Waals surface area contributed by atoms with E-state index in [1.807, 2.05) is 26.8 Å². The first-order chi connectivity index (χ1) is 11.7. The maximum atomic E-state index is 10.2. The fraction of sp³-hybridized carbons (Fsp3) is 0.667. The summed E-state index contributed by atoms with van der Waals surface area (Å²) in [7, 11) is 1.75. The summed E-state index contributed by atoms with van der Waals surface area (Å²) in [6, 6.07) is 6.34. The largest absolute Gasteiger partial charge is 0.496 e.